The lowest BCUT2D eigenvalue weighted by molar-refractivity contribution is -0.140. The van der Waals surface area contributed by atoms with E-state index in [0.29, 0.717) is 10.8 Å². The van der Waals surface area contributed by atoms with Gasteiger partial charge in [-0.05, 0) is 6.07 Å². The van der Waals surface area contributed by atoms with Crippen molar-refractivity contribution in [3.05, 3.63) is 23.9 Å². The number of amides is 1. The first-order valence-corrected chi connectivity index (χ1v) is 5.17. The minimum Gasteiger partial charge on any atom is -0.481 e. The fraction of sp³-hybridized carbons (Fsp3) is 0.273. The molecule has 1 heterocycles. The summed E-state index contributed by atoms with van der Waals surface area (Å²) in [6.45, 7) is -1.39. The van der Waals surface area contributed by atoms with E-state index < -0.39 is 30.9 Å². The summed E-state index contributed by atoms with van der Waals surface area (Å²) in [6, 6.07) is 2.80. The van der Waals surface area contributed by atoms with Crippen LogP contribution in [0.15, 0.2) is 18.3 Å². The Hall–Kier alpha value is -2.64. The molecule has 0 bridgehead atoms. The van der Waals surface area contributed by atoms with Gasteiger partial charge in [0.1, 0.15) is 13.1 Å². The van der Waals surface area contributed by atoms with Gasteiger partial charge in [0.05, 0.1) is 12.7 Å². The van der Waals surface area contributed by atoms with Gasteiger partial charge in [-0.25, -0.2) is 4.98 Å². The Morgan fingerprint density at radius 3 is 2.16 bits per heavy atom. The monoisotopic (exact) mass is 268 g/mol. The highest BCUT2D eigenvalue weighted by Crippen LogP contribution is 2.09. The first-order valence-electron chi connectivity index (χ1n) is 5.17. The summed E-state index contributed by atoms with van der Waals surface area (Å²) < 4.78 is 4.81. The van der Waals surface area contributed by atoms with Crippen LogP contribution in [0.25, 0.3) is 0 Å². The highest BCUT2D eigenvalue weighted by molar-refractivity contribution is 5.97. The lowest BCUT2D eigenvalue weighted by Crippen LogP contribution is -2.39. The molecule has 0 saturated carbocycles. The second-order valence-corrected chi connectivity index (χ2v) is 3.54. The van der Waals surface area contributed by atoms with Crippen LogP contribution in [-0.4, -0.2) is 58.1 Å². The molecule has 8 nitrogen and oxygen atoms in total. The highest BCUT2D eigenvalue weighted by atomic mass is 16.5. The molecule has 8 heteroatoms. The fourth-order valence-electron chi connectivity index (χ4n) is 1.34. The maximum absolute atomic E-state index is 11.9. The number of aliphatic carboxylic acids is 2. The topological polar surface area (TPSA) is 117 Å². The first kappa shape index (κ1) is 14.4. The molecular weight excluding hydrogens is 256 g/mol. The molecule has 0 radical (unpaired) electrons. The predicted octanol–water partition coefficient (Wildman–Crippen LogP) is -0.298. The number of ether oxygens (including phenoxy) is 1. The van der Waals surface area contributed by atoms with Crippen LogP contribution in [-0.2, 0) is 9.59 Å². The van der Waals surface area contributed by atoms with Crippen molar-refractivity contribution in [1.82, 2.24) is 9.88 Å². The van der Waals surface area contributed by atoms with E-state index in [0.717, 1.165) is 0 Å². The average molecular weight is 268 g/mol. The van der Waals surface area contributed by atoms with Crippen LogP contribution in [0.5, 0.6) is 5.88 Å². The zero-order chi connectivity index (χ0) is 14.4. The van der Waals surface area contributed by atoms with Gasteiger partial charge in [0.25, 0.3) is 5.91 Å². The number of carbonyl (C=O) groups excluding carboxylic acids is 1. The van der Waals surface area contributed by atoms with Crippen molar-refractivity contribution in [1.29, 1.82) is 0 Å². The number of carboxylic acids is 2. The molecule has 0 aliphatic rings. The number of hydrogen-bond acceptors (Lipinski definition) is 5. The number of rotatable bonds is 6. The molecule has 1 aromatic rings. The van der Waals surface area contributed by atoms with E-state index in [9.17, 15) is 14.4 Å². The van der Waals surface area contributed by atoms with Crippen LogP contribution in [0, 0.1) is 0 Å². The number of aromatic nitrogens is 1. The van der Waals surface area contributed by atoms with E-state index in [1.165, 1.54) is 25.4 Å². The van der Waals surface area contributed by atoms with Gasteiger partial charge in [0.2, 0.25) is 5.88 Å². The third-order valence-electron chi connectivity index (χ3n) is 2.13. The summed E-state index contributed by atoms with van der Waals surface area (Å²) in [4.78, 5) is 37.6. The van der Waals surface area contributed by atoms with Crippen LogP contribution in [0.1, 0.15) is 10.4 Å². The summed E-state index contributed by atoms with van der Waals surface area (Å²) in [5, 5.41) is 17.3. The standard InChI is InChI=1S/C11H12N2O6/c1-19-8-3-2-7(4-12-8)11(18)13(5-9(14)15)6-10(16)17/h2-4H,5-6H2,1H3,(H,14,15)(H,16,17). The second kappa shape index (κ2) is 6.34. The Morgan fingerprint density at radius 1 is 1.21 bits per heavy atom. The maximum atomic E-state index is 11.9. The largest absolute Gasteiger partial charge is 0.481 e. The molecule has 2 N–H and O–H groups in total. The van der Waals surface area contributed by atoms with Gasteiger partial charge in [0.15, 0.2) is 0 Å². The lowest BCUT2D eigenvalue weighted by atomic mass is 10.2. The fourth-order valence-corrected chi connectivity index (χ4v) is 1.34. The molecule has 0 fully saturated rings. The predicted molar refractivity (Wildman–Crippen MR) is 62.0 cm³/mol. The SMILES string of the molecule is COc1ccc(C(=O)N(CC(=O)O)CC(=O)O)cn1. The van der Waals surface area contributed by atoms with Crippen LogP contribution >= 0.6 is 0 Å². The summed E-state index contributed by atoms with van der Waals surface area (Å²) in [7, 11) is 1.41. The lowest BCUT2D eigenvalue weighted by Gasteiger charge is -2.18. The number of carboxylic acid groups (broad SMARTS) is 2. The molecule has 1 rings (SSSR count). The molecule has 0 unspecified atom stereocenters. The average Bonchev–Trinajstić information content (AvgIpc) is 2.36. The van der Waals surface area contributed by atoms with Crippen molar-refractivity contribution in [3.8, 4) is 5.88 Å². The number of carbonyl (C=O) groups is 3. The molecule has 0 spiro atoms. The van der Waals surface area contributed by atoms with E-state index in [4.69, 9.17) is 14.9 Å². The van der Waals surface area contributed by atoms with Crippen LogP contribution < -0.4 is 4.74 Å². The Balaban J connectivity index is 2.90. The second-order valence-electron chi connectivity index (χ2n) is 3.54. The molecular formula is C11H12N2O6. The highest BCUT2D eigenvalue weighted by Gasteiger charge is 2.21. The number of hydrogen-bond donors (Lipinski definition) is 2. The van der Waals surface area contributed by atoms with E-state index in [2.05, 4.69) is 4.98 Å². The smallest absolute Gasteiger partial charge is 0.323 e. The van der Waals surface area contributed by atoms with Gasteiger partial charge in [-0.2, -0.15) is 0 Å². The minimum atomic E-state index is -1.30. The van der Waals surface area contributed by atoms with Gasteiger partial charge in [-0.3, -0.25) is 14.4 Å². The van der Waals surface area contributed by atoms with Crippen LogP contribution in [0.3, 0.4) is 0 Å². The molecule has 1 aromatic heterocycles. The van der Waals surface area contributed by atoms with E-state index in [1.807, 2.05) is 0 Å². The molecule has 0 aliphatic carbocycles. The summed E-state index contributed by atoms with van der Waals surface area (Å²) in [5.74, 6) is -3.02. The van der Waals surface area contributed by atoms with E-state index in [-0.39, 0.29) is 5.56 Å². The molecule has 1 amide bonds. The van der Waals surface area contributed by atoms with Gasteiger partial charge in [-0.15, -0.1) is 0 Å². The molecule has 102 valence electrons. The Kier molecular flexibility index (Phi) is 4.81. The maximum Gasteiger partial charge on any atom is 0.323 e. The van der Waals surface area contributed by atoms with Crippen molar-refractivity contribution >= 4 is 17.8 Å². The van der Waals surface area contributed by atoms with Gasteiger partial charge < -0.3 is 19.8 Å². The molecule has 19 heavy (non-hydrogen) atoms. The van der Waals surface area contributed by atoms with Gasteiger partial charge >= 0.3 is 11.9 Å². The zero-order valence-corrected chi connectivity index (χ0v) is 10.1. The number of methoxy groups -OCH3 is 1. The minimum absolute atomic E-state index is 0.0864. The normalized spacial score (nSPS) is 9.74. The van der Waals surface area contributed by atoms with Gasteiger partial charge in [0, 0.05) is 12.3 Å². The molecule has 0 aromatic carbocycles. The summed E-state index contributed by atoms with van der Waals surface area (Å²) in [5.41, 5.74) is 0.0864. The van der Waals surface area contributed by atoms with Crippen molar-refractivity contribution < 1.29 is 29.3 Å². The third-order valence-corrected chi connectivity index (χ3v) is 2.13. The summed E-state index contributed by atoms with van der Waals surface area (Å²) in [6.07, 6.45) is 1.19. The van der Waals surface area contributed by atoms with Gasteiger partial charge in [-0.1, -0.05) is 0 Å². The molecule has 0 saturated heterocycles. The van der Waals surface area contributed by atoms with Crippen molar-refractivity contribution in [3.63, 3.8) is 0 Å². The Morgan fingerprint density at radius 2 is 1.79 bits per heavy atom. The molecule has 0 atom stereocenters. The third kappa shape index (κ3) is 4.26. The summed E-state index contributed by atoms with van der Waals surface area (Å²) >= 11 is 0. The molecule has 0 aliphatic heterocycles. The Labute approximate surface area is 108 Å². The van der Waals surface area contributed by atoms with E-state index >= 15 is 0 Å². The zero-order valence-electron chi connectivity index (χ0n) is 10.1. The van der Waals surface area contributed by atoms with E-state index in [1.54, 1.807) is 0 Å². The van der Waals surface area contributed by atoms with Crippen molar-refractivity contribution in [2.45, 2.75) is 0 Å². The van der Waals surface area contributed by atoms with Crippen molar-refractivity contribution in [2.24, 2.45) is 0 Å². The number of pyridine rings is 1. The van der Waals surface area contributed by atoms with Crippen LogP contribution in [0.4, 0.5) is 0 Å². The van der Waals surface area contributed by atoms with Crippen molar-refractivity contribution in [2.75, 3.05) is 20.2 Å². The van der Waals surface area contributed by atoms with Crippen LogP contribution in [0.2, 0.25) is 0 Å². The first-order chi connectivity index (χ1) is 8.93. The number of nitrogens with zero attached hydrogens (tertiary/aromatic N) is 2. The Bertz CT molecular complexity index is 468. The quantitative estimate of drug-likeness (QED) is 0.727.